The monoisotopic (exact) mass is 350 g/mol. The average Bonchev–Trinajstić information content (AvgIpc) is 3.24. The van der Waals surface area contributed by atoms with E-state index in [1.54, 1.807) is 35.9 Å². The molecule has 8 nitrogen and oxygen atoms in total. The molecular formula is C13H14N6O2S2. The Morgan fingerprint density at radius 2 is 2.43 bits per heavy atom. The molecule has 0 saturated heterocycles. The van der Waals surface area contributed by atoms with Crippen molar-refractivity contribution in [3.63, 3.8) is 0 Å². The summed E-state index contributed by atoms with van der Waals surface area (Å²) in [6.45, 7) is 4.16. The first-order valence-electron chi connectivity index (χ1n) is 6.81. The first-order chi connectivity index (χ1) is 11.1. The van der Waals surface area contributed by atoms with Gasteiger partial charge < -0.3 is 4.52 Å². The van der Waals surface area contributed by atoms with E-state index in [1.807, 2.05) is 17.5 Å². The smallest absolute Gasteiger partial charge is 0.240 e. The number of carbonyl (C=O) groups excluding carboxylic acids is 1. The number of hydrogen-bond donors (Lipinski definition) is 1. The van der Waals surface area contributed by atoms with Crippen LogP contribution in [-0.4, -0.2) is 36.5 Å². The van der Waals surface area contributed by atoms with Crippen molar-refractivity contribution in [3.05, 3.63) is 34.2 Å². The third-order valence-electron chi connectivity index (χ3n) is 2.91. The molecular weight excluding hydrogens is 336 g/mol. The fourth-order valence-electron chi connectivity index (χ4n) is 1.79. The second kappa shape index (κ2) is 6.92. The van der Waals surface area contributed by atoms with Crippen LogP contribution in [0, 0.1) is 6.92 Å². The van der Waals surface area contributed by atoms with E-state index >= 15 is 0 Å². The maximum atomic E-state index is 12.2. The largest absolute Gasteiger partial charge is 0.338 e. The normalized spacial score (nSPS) is 12.3. The molecule has 120 valence electrons. The zero-order valence-electron chi connectivity index (χ0n) is 12.5. The predicted molar refractivity (Wildman–Crippen MR) is 86.4 cm³/mol. The lowest BCUT2D eigenvalue weighted by molar-refractivity contribution is -0.115. The van der Waals surface area contributed by atoms with Crippen molar-refractivity contribution in [1.29, 1.82) is 0 Å². The second-order valence-electron chi connectivity index (χ2n) is 4.78. The van der Waals surface area contributed by atoms with Crippen molar-refractivity contribution in [2.24, 2.45) is 0 Å². The van der Waals surface area contributed by atoms with Gasteiger partial charge in [-0.05, 0) is 35.7 Å². The molecule has 3 aromatic rings. The van der Waals surface area contributed by atoms with Gasteiger partial charge in [0, 0.05) is 10.9 Å². The van der Waals surface area contributed by atoms with Crippen molar-refractivity contribution in [2.75, 3.05) is 5.32 Å². The van der Waals surface area contributed by atoms with E-state index in [1.165, 1.54) is 11.8 Å². The van der Waals surface area contributed by atoms with Crippen molar-refractivity contribution in [3.8, 4) is 0 Å². The third-order valence-corrected chi connectivity index (χ3v) is 4.84. The molecule has 3 rings (SSSR count). The minimum absolute atomic E-state index is 0.197. The van der Waals surface area contributed by atoms with Crippen molar-refractivity contribution in [1.82, 2.24) is 25.4 Å². The van der Waals surface area contributed by atoms with Gasteiger partial charge in [-0.2, -0.15) is 0 Å². The van der Waals surface area contributed by atoms with Crippen LogP contribution in [0.4, 0.5) is 5.88 Å². The lowest BCUT2D eigenvalue weighted by Gasteiger charge is -2.09. The molecule has 1 atom stereocenters. The van der Waals surface area contributed by atoms with Crippen LogP contribution in [0.15, 0.2) is 33.3 Å². The summed E-state index contributed by atoms with van der Waals surface area (Å²) >= 11 is 2.93. The Hall–Kier alpha value is -2.20. The first kappa shape index (κ1) is 15.7. The Morgan fingerprint density at radius 1 is 1.57 bits per heavy atom. The van der Waals surface area contributed by atoms with Crippen molar-refractivity contribution < 1.29 is 9.32 Å². The van der Waals surface area contributed by atoms with Gasteiger partial charge in [-0.25, -0.2) is 4.68 Å². The molecule has 0 aliphatic carbocycles. The molecule has 0 aromatic carbocycles. The number of amides is 1. The van der Waals surface area contributed by atoms with Crippen LogP contribution < -0.4 is 5.32 Å². The van der Waals surface area contributed by atoms with E-state index in [4.69, 9.17) is 4.52 Å². The zero-order valence-corrected chi connectivity index (χ0v) is 14.1. The fourth-order valence-corrected chi connectivity index (χ4v) is 3.26. The summed E-state index contributed by atoms with van der Waals surface area (Å²) in [4.78, 5) is 13.3. The van der Waals surface area contributed by atoms with Crippen LogP contribution in [-0.2, 0) is 11.3 Å². The van der Waals surface area contributed by atoms with E-state index in [2.05, 4.69) is 26.0 Å². The Morgan fingerprint density at radius 3 is 3.13 bits per heavy atom. The summed E-state index contributed by atoms with van der Waals surface area (Å²) in [5.74, 6) is 0.134. The molecule has 0 fully saturated rings. The van der Waals surface area contributed by atoms with E-state index in [0.29, 0.717) is 23.3 Å². The molecule has 0 bridgehead atoms. The molecule has 1 unspecified atom stereocenters. The van der Waals surface area contributed by atoms with Gasteiger partial charge in [-0.1, -0.05) is 23.0 Å². The number of anilines is 1. The van der Waals surface area contributed by atoms with Crippen LogP contribution in [0.1, 0.15) is 17.5 Å². The van der Waals surface area contributed by atoms with Gasteiger partial charge in [0.15, 0.2) is 0 Å². The van der Waals surface area contributed by atoms with Gasteiger partial charge in [0.05, 0.1) is 17.5 Å². The number of tetrazole rings is 1. The van der Waals surface area contributed by atoms with Gasteiger partial charge in [-0.3, -0.25) is 10.1 Å². The predicted octanol–water partition coefficient (Wildman–Crippen LogP) is 2.20. The number of thioether (sulfide) groups is 1. The Bertz CT molecular complexity index is 782. The first-order valence-corrected chi connectivity index (χ1v) is 8.57. The number of nitrogens with zero attached hydrogens (tertiary/aromatic N) is 5. The quantitative estimate of drug-likeness (QED) is 0.680. The summed E-state index contributed by atoms with van der Waals surface area (Å²) in [6.07, 6.45) is 0. The van der Waals surface area contributed by atoms with Gasteiger partial charge in [0.25, 0.3) is 0 Å². The SMILES string of the molecule is Cc1cc(NC(=O)C(C)Sc2nnnn2Cc2cccs2)on1. The Kier molecular flexibility index (Phi) is 4.72. The van der Waals surface area contributed by atoms with Crippen LogP contribution in [0.25, 0.3) is 0 Å². The number of rotatable bonds is 6. The van der Waals surface area contributed by atoms with Gasteiger partial charge in [0.2, 0.25) is 16.9 Å². The van der Waals surface area contributed by atoms with Crippen LogP contribution in [0.3, 0.4) is 0 Å². The number of aryl methyl sites for hydroxylation is 1. The van der Waals surface area contributed by atoms with Gasteiger partial charge in [0.1, 0.15) is 0 Å². The Balaban J connectivity index is 1.62. The molecule has 1 amide bonds. The van der Waals surface area contributed by atoms with Crippen LogP contribution in [0.5, 0.6) is 0 Å². The number of nitrogens with one attached hydrogen (secondary N) is 1. The van der Waals surface area contributed by atoms with Crippen molar-refractivity contribution in [2.45, 2.75) is 30.8 Å². The number of hydrogen-bond acceptors (Lipinski definition) is 8. The number of thiophene rings is 1. The Labute approximate surface area is 140 Å². The van der Waals surface area contributed by atoms with Crippen LogP contribution in [0.2, 0.25) is 0 Å². The maximum absolute atomic E-state index is 12.2. The van der Waals surface area contributed by atoms with Crippen molar-refractivity contribution >= 4 is 34.9 Å². The lowest BCUT2D eigenvalue weighted by Crippen LogP contribution is -2.22. The number of aromatic nitrogens is 5. The zero-order chi connectivity index (χ0) is 16.2. The van der Waals surface area contributed by atoms with E-state index in [9.17, 15) is 4.79 Å². The summed E-state index contributed by atoms with van der Waals surface area (Å²) in [5, 5.41) is 20.3. The van der Waals surface area contributed by atoms with Gasteiger partial charge in [-0.15, -0.1) is 16.4 Å². The molecule has 0 saturated carbocycles. The topological polar surface area (TPSA) is 98.7 Å². The fraction of sp³-hybridized carbons (Fsp3) is 0.308. The standard InChI is InChI=1S/C13H14N6O2S2/c1-8-6-11(21-16-8)14-12(20)9(2)23-13-15-17-18-19(13)7-10-4-3-5-22-10/h3-6,9H,7H2,1-2H3,(H,14,20). The molecule has 0 radical (unpaired) electrons. The molecule has 0 aliphatic heterocycles. The summed E-state index contributed by atoms with van der Waals surface area (Å²) in [5.41, 5.74) is 0.709. The maximum Gasteiger partial charge on any atom is 0.240 e. The minimum Gasteiger partial charge on any atom is -0.338 e. The molecule has 3 aromatic heterocycles. The van der Waals surface area contributed by atoms with E-state index < -0.39 is 0 Å². The lowest BCUT2D eigenvalue weighted by atomic mass is 10.4. The summed E-state index contributed by atoms with van der Waals surface area (Å²) in [7, 11) is 0. The second-order valence-corrected chi connectivity index (χ2v) is 7.12. The number of carbonyl (C=O) groups is 1. The van der Waals surface area contributed by atoms with Gasteiger partial charge >= 0.3 is 0 Å². The average molecular weight is 350 g/mol. The molecule has 3 heterocycles. The molecule has 0 spiro atoms. The minimum atomic E-state index is -0.381. The summed E-state index contributed by atoms with van der Waals surface area (Å²) in [6, 6.07) is 5.66. The molecule has 1 N–H and O–H groups in total. The highest BCUT2D eigenvalue weighted by Gasteiger charge is 2.20. The molecule has 0 aliphatic rings. The highest BCUT2D eigenvalue weighted by molar-refractivity contribution is 8.00. The van der Waals surface area contributed by atoms with Crippen LogP contribution >= 0.6 is 23.1 Å². The summed E-state index contributed by atoms with van der Waals surface area (Å²) < 4.78 is 6.66. The molecule has 23 heavy (non-hydrogen) atoms. The van der Waals surface area contributed by atoms with E-state index in [0.717, 1.165) is 4.88 Å². The van der Waals surface area contributed by atoms with E-state index in [-0.39, 0.29) is 11.2 Å². The third kappa shape index (κ3) is 3.96. The highest BCUT2D eigenvalue weighted by atomic mass is 32.2. The highest BCUT2D eigenvalue weighted by Crippen LogP contribution is 2.23. The molecule has 10 heteroatoms.